The van der Waals surface area contributed by atoms with Gasteiger partial charge in [-0.1, -0.05) is 75.4 Å². The zero-order valence-corrected chi connectivity index (χ0v) is 19.7. The van der Waals surface area contributed by atoms with Gasteiger partial charge in [0.15, 0.2) is 0 Å². The predicted molar refractivity (Wildman–Crippen MR) is 133 cm³/mol. The van der Waals surface area contributed by atoms with Crippen LogP contribution in [-0.2, 0) is 18.4 Å². The standard InChI is InChI=1S/C29H34N2O/c1-21(23-15-17-26(18-16-23)29(2,3)4)30-28(32)25-13-11-22(12-14-25)20-31-19-7-9-24-8-5-6-10-27(24)31/h5-6,8,10-18,21H,7,9,19-20H2,1-4H3,(H,30,32). The summed E-state index contributed by atoms with van der Waals surface area (Å²) in [6, 6.07) is 25.2. The molecule has 0 bridgehead atoms. The van der Waals surface area contributed by atoms with Crippen molar-refractivity contribution in [3.8, 4) is 0 Å². The van der Waals surface area contributed by atoms with Gasteiger partial charge >= 0.3 is 0 Å². The van der Waals surface area contributed by atoms with Crippen molar-refractivity contribution in [1.82, 2.24) is 5.32 Å². The van der Waals surface area contributed by atoms with Crippen LogP contribution in [0.3, 0.4) is 0 Å². The Morgan fingerprint density at radius 3 is 2.34 bits per heavy atom. The predicted octanol–water partition coefficient (Wildman–Crippen LogP) is 6.43. The first-order valence-corrected chi connectivity index (χ1v) is 11.6. The van der Waals surface area contributed by atoms with Gasteiger partial charge in [0.2, 0.25) is 0 Å². The Kier molecular flexibility index (Phi) is 6.36. The smallest absolute Gasteiger partial charge is 0.251 e. The van der Waals surface area contributed by atoms with Crippen molar-refractivity contribution in [1.29, 1.82) is 0 Å². The molecule has 3 heteroatoms. The van der Waals surface area contributed by atoms with Crippen LogP contribution in [-0.4, -0.2) is 12.5 Å². The van der Waals surface area contributed by atoms with Gasteiger partial charge in [-0.15, -0.1) is 0 Å². The summed E-state index contributed by atoms with van der Waals surface area (Å²) in [6.07, 6.45) is 2.34. The van der Waals surface area contributed by atoms with Gasteiger partial charge in [0, 0.05) is 24.3 Å². The molecule has 1 aliphatic rings. The van der Waals surface area contributed by atoms with Gasteiger partial charge in [0.25, 0.3) is 5.91 Å². The average molecular weight is 427 g/mol. The number of hydrogen-bond donors (Lipinski definition) is 1. The second-order valence-corrected chi connectivity index (χ2v) is 9.92. The molecule has 1 amide bonds. The first-order valence-electron chi connectivity index (χ1n) is 11.6. The average Bonchev–Trinajstić information content (AvgIpc) is 2.79. The highest BCUT2D eigenvalue weighted by molar-refractivity contribution is 5.94. The molecule has 0 fully saturated rings. The van der Waals surface area contributed by atoms with Crippen LogP contribution in [0.25, 0.3) is 0 Å². The Balaban J connectivity index is 1.38. The molecule has 0 saturated carbocycles. The summed E-state index contributed by atoms with van der Waals surface area (Å²) in [5.41, 5.74) is 7.24. The lowest BCUT2D eigenvalue weighted by Crippen LogP contribution is -2.29. The lowest BCUT2D eigenvalue weighted by molar-refractivity contribution is 0.0940. The number of hydrogen-bond acceptors (Lipinski definition) is 2. The van der Waals surface area contributed by atoms with Crippen LogP contribution in [0.1, 0.15) is 72.8 Å². The number of anilines is 1. The lowest BCUT2D eigenvalue weighted by atomic mass is 9.86. The number of nitrogens with one attached hydrogen (secondary N) is 1. The van der Waals surface area contributed by atoms with Gasteiger partial charge in [-0.2, -0.15) is 0 Å². The molecule has 0 aliphatic carbocycles. The molecule has 0 spiro atoms. The quantitative estimate of drug-likeness (QED) is 0.510. The van der Waals surface area contributed by atoms with Gasteiger partial charge in [-0.3, -0.25) is 4.79 Å². The van der Waals surface area contributed by atoms with Crippen LogP contribution in [0.2, 0.25) is 0 Å². The molecule has 0 radical (unpaired) electrons. The van der Waals surface area contributed by atoms with Gasteiger partial charge < -0.3 is 10.2 Å². The number of fused-ring (bicyclic) bond motifs is 1. The molecule has 1 unspecified atom stereocenters. The first kappa shape index (κ1) is 22.1. The van der Waals surface area contributed by atoms with E-state index >= 15 is 0 Å². The van der Waals surface area contributed by atoms with E-state index in [1.54, 1.807) is 0 Å². The third-order valence-corrected chi connectivity index (χ3v) is 6.42. The summed E-state index contributed by atoms with van der Waals surface area (Å²) in [6.45, 7) is 10.6. The van der Waals surface area contributed by atoms with E-state index in [1.807, 2.05) is 19.1 Å². The highest BCUT2D eigenvalue weighted by atomic mass is 16.1. The molecule has 3 nitrogen and oxygen atoms in total. The van der Waals surface area contributed by atoms with E-state index in [1.165, 1.54) is 28.8 Å². The molecule has 32 heavy (non-hydrogen) atoms. The van der Waals surface area contributed by atoms with Gasteiger partial charge in [-0.25, -0.2) is 0 Å². The maximum Gasteiger partial charge on any atom is 0.251 e. The molecule has 3 aromatic rings. The highest BCUT2D eigenvalue weighted by Crippen LogP contribution is 2.28. The maximum absolute atomic E-state index is 12.8. The normalized spacial score (nSPS) is 14.6. The molecule has 1 atom stereocenters. The fourth-order valence-electron chi connectivity index (χ4n) is 4.39. The van der Waals surface area contributed by atoms with Crippen LogP contribution in [0.4, 0.5) is 5.69 Å². The molecule has 1 aliphatic heterocycles. The third-order valence-electron chi connectivity index (χ3n) is 6.42. The van der Waals surface area contributed by atoms with Crippen molar-refractivity contribution in [2.24, 2.45) is 0 Å². The Labute approximate surface area is 192 Å². The van der Waals surface area contributed by atoms with Crippen molar-refractivity contribution in [2.45, 2.75) is 58.5 Å². The monoisotopic (exact) mass is 426 g/mol. The molecule has 3 aromatic carbocycles. The van der Waals surface area contributed by atoms with E-state index < -0.39 is 0 Å². The highest BCUT2D eigenvalue weighted by Gasteiger charge is 2.18. The van der Waals surface area contributed by atoms with Gasteiger partial charge in [0.05, 0.1) is 6.04 Å². The second kappa shape index (κ2) is 9.20. The minimum Gasteiger partial charge on any atom is -0.367 e. The Morgan fingerprint density at radius 2 is 1.66 bits per heavy atom. The number of nitrogens with zero attached hydrogens (tertiary/aromatic N) is 1. The summed E-state index contributed by atoms with van der Waals surface area (Å²) >= 11 is 0. The largest absolute Gasteiger partial charge is 0.367 e. The number of benzene rings is 3. The first-order chi connectivity index (χ1) is 15.3. The van der Waals surface area contributed by atoms with Crippen LogP contribution in [0.15, 0.2) is 72.8 Å². The minimum atomic E-state index is -0.0407. The van der Waals surface area contributed by atoms with Crippen molar-refractivity contribution >= 4 is 11.6 Å². The SMILES string of the molecule is CC(NC(=O)c1ccc(CN2CCCc3ccccc32)cc1)c1ccc(C(C)(C)C)cc1. The lowest BCUT2D eigenvalue weighted by Gasteiger charge is -2.31. The Hall–Kier alpha value is -3.07. The third kappa shape index (κ3) is 5.04. The van der Waals surface area contributed by atoms with Crippen molar-refractivity contribution in [2.75, 3.05) is 11.4 Å². The number of amides is 1. The summed E-state index contributed by atoms with van der Waals surface area (Å²) in [7, 11) is 0. The van der Waals surface area contributed by atoms with E-state index in [0.717, 1.165) is 25.1 Å². The van der Waals surface area contributed by atoms with Gasteiger partial charge in [-0.05, 0) is 65.6 Å². The van der Waals surface area contributed by atoms with E-state index in [4.69, 9.17) is 0 Å². The van der Waals surface area contributed by atoms with Crippen LogP contribution in [0.5, 0.6) is 0 Å². The molecule has 1 heterocycles. The summed E-state index contributed by atoms with van der Waals surface area (Å²) in [4.78, 5) is 15.2. The van der Waals surface area contributed by atoms with E-state index in [0.29, 0.717) is 5.56 Å². The summed E-state index contributed by atoms with van der Waals surface area (Å²) in [5.74, 6) is -0.0349. The fraction of sp³-hybridized carbons (Fsp3) is 0.345. The zero-order chi connectivity index (χ0) is 22.7. The van der Waals surface area contributed by atoms with Crippen LogP contribution < -0.4 is 10.2 Å². The number of rotatable bonds is 5. The van der Waals surface area contributed by atoms with E-state index in [-0.39, 0.29) is 17.4 Å². The summed E-state index contributed by atoms with van der Waals surface area (Å²) < 4.78 is 0. The topological polar surface area (TPSA) is 32.3 Å². The van der Waals surface area contributed by atoms with Gasteiger partial charge in [0.1, 0.15) is 0 Å². The molecular weight excluding hydrogens is 392 g/mol. The van der Waals surface area contributed by atoms with Crippen molar-refractivity contribution in [3.63, 3.8) is 0 Å². The Morgan fingerprint density at radius 1 is 0.969 bits per heavy atom. The second-order valence-electron chi connectivity index (χ2n) is 9.92. The number of para-hydroxylation sites is 1. The molecule has 0 saturated heterocycles. The molecule has 1 N–H and O–H groups in total. The van der Waals surface area contributed by atoms with Crippen molar-refractivity contribution in [3.05, 3.63) is 101 Å². The molecule has 0 aromatic heterocycles. The van der Waals surface area contributed by atoms with E-state index in [2.05, 4.69) is 91.7 Å². The number of carbonyl (C=O) groups is 1. The van der Waals surface area contributed by atoms with E-state index in [9.17, 15) is 4.79 Å². The summed E-state index contributed by atoms with van der Waals surface area (Å²) in [5, 5.41) is 3.14. The zero-order valence-electron chi connectivity index (χ0n) is 19.7. The van der Waals surface area contributed by atoms with Crippen LogP contribution in [0, 0.1) is 0 Å². The molecule has 166 valence electrons. The maximum atomic E-state index is 12.8. The number of carbonyl (C=O) groups excluding carboxylic acids is 1. The Bertz CT molecular complexity index is 1060. The minimum absolute atomic E-state index is 0.0349. The molecular formula is C29H34N2O. The van der Waals surface area contributed by atoms with Crippen molar-refractivity contribution < 1.29 is 4.79 Å². The number of aryl methyl sites for hydroxylation is 1. The fourth-order valence-corrected chi connectivity index (χ4v) is 4.39. The molecule has 4 rings (SSSR count). The van der Waals surface area contributed by atoms with Crippen LogP contribution >= 0.6 is 0 Å².